The number of methoxy groups -OCH3 is 1. The average Bonchev–Trinajstić information content (AvgIpc) is 3.12. The third kappa shape index (κ3) is 6.28. The molecule has 2 heterocycles. The fourth-order valence-electron chi connectivity index (χ4n) is 3.83. The van der Waals surface area contributed by atoms with Crippen LogP contribution >= 0.6 is 0 Å². The van der Waals surface area contributed by atoms with Crippen LogP contribution in [0.5, 0.6) is 0 Å². The number of carbonyl (C=O) groups is 1. The number of benzene rings is 1. The van der Waals surface area contributed by atoms with Crippen LogP contribution in [0.3, 0.4) is 0 Å². The smallest absolute Gasteiger partial charge is 0.243 e. The monoisotopic (exact) mass is 466 g/mol. The van der Waals surface area contributed by atoms with Gasteiger partial charge in [-0.3, -0.25) is 4.79 Å². The normalized spacial score (nSPS) is 15.3. The van der Waals surface area contributed by atoms with Crippen LogP contribution in [0.2, 0.25) is 0 Å². The zero-order valence-corrected chi connectivity index (χ0v) is 19.8. The zero-order valence-electron chi connectivity index (χ0n) is 19.0. The first-order valence-electron chi connectivity index (χ1n) is 11.2. The van der Waals surface area contributed by atoms with Crippen LogP contribution < -0.4 is 5.32 Å². The number of amides is 1. The first kappa shape index (κ1) is 24.6. The zero-order chi connectivity index (χ0) is 23.0. The van der Waals surface area contributed by atoms with Crippen molar-refractivity contribution < 1.29 is 22.7 Å². The summed E-state index contributed by atoms with van der Waals surface area (Å²) in [4.78, 5) is 17.0. The van der Waals surface area contributed by atoms with Crippen molar-refractivity contribution in [3.63, 3.8) is 0 Å². The number of aryl methyl sites for hydroxylation is 2. The van der Waals surface area contributed by atoms with Crippen molar-refractivity contribution in [3.8, 4) is 0 Å². The van der Waals surface area contributed by atoms with Crippen LogP contribution in [0.15, 0.2) is 23.1 Å². The largest absolute Gasteiger partial charge is 0.382 e. The highest BCUT2D eigenvalue weighted by Crippen LogP contribution is 2.24. The minimum atomic E-state index is -3.50. The number of hydrogen-bond acceptors (Lipinski definition) is 6. The van der Waals surface area contributed by atoms with E-state index in [9.17, 15) is 13.2 Å². The number of piperidine rings is 1. The van der Waals surface area contributed by atoms with Gasteiger partial charge in [-0.05, 0) is 37.5 Å². The summed E-state index contributed by atoms with van der Waals surface area (Å²) < 4.78 is 39.7. The molecule has 1 saturated heterocycles. The molecule has 2 aromatic rings. The van der Waals surface area contributed by atoms with Crippen LogP contribution in [0.25, 0.3) is 11.0 Å². The van der Waals surface area contributed by atoms with E-state index in [2.05, 4.69) is 10.3 Å². The number of nitrogens with one attached hydrogen (secondary N) is 1. The van der Waals surface area contributed by atoms with Crippen LogP contribution in [0, 0.1) is 0 Å². The van der Waals surface area contributed by atoms with Crippen LogP contribution in [-0.4, -0.2) is 74.7 Å². The third-order valence-corrected chi connectivity index (χ3v) is 7.59. The number of aromatic nitrogens is 2. The molecule has 0 saturated carbocycles. The number of sulfonamides is 1. The molecule has 0 bridgehead atoms. The number of carbonyl (C=O) groups excluding carboxylic acids is 1. The lowest BCUT2D eigenvalue weighted by Crippen LogP contribution is -2.35. The number of fused-ring (bicyclic) bond motifs is 1. The van der Waals surface area contributed by atoms with Gasteiger partial charge in [0.05, 0.1) is 29.1 Å². The summed E-state index contributed by atoms with van der Waals surface area (Å²) >= 11 is 0. The second-order valence-electron chi connectivity index (χ2n) is 8.01. The van der Waals surface area contributed by atoms with Gasteiger partial charge in [-0.2, -0.15) is 4.31 Å². The summed E-state index contributed by atoms with van der Waals surface area (Å²) in [6.07, 6.45) is 4.42. The SMILES string of the molecule is COCCOCCCNC(=O)CCc1nc2cc(S(=O)(=O)N3CCCCC3)ccc2n1C. The summed E-state index contributed by atoms with van der Waals surface area (Å²) in [6, 6.07) is 5.10. The second-order valence-corrected chi connectivity index (χ2v) is 9.95. The number of rotatable bonds is 12. The Kier molecular flexibility index (Phi) is 9.03. The van der Waals surface area contributed by atoms with Crippen molar-refractivity contribution in [2.24, 2.45) is 7.05 Å². The average molecular weight is 467 g/mol. The van der Waals surface area contributed by atoms with Gasteiger partial charge in [-0.25, -0.2) is 13.4 Å². The quantitative estimate of drug-likeness (QED) is 0.479. The maximum atomic E-state index is 13.0. The summed E-state index contributed by atoms with van der Waals surface area (Å²) in [5.41, 5.74) is 1.49. The van der Waals surface area contributed by atoms with E-state index in [0.29, 0.717) is 57.8 Å². The van der Waals surface area contributed by atoms with Gasteiger partial charge in [0, 0.05) is 53.2 Å². The highest BCUT2D eigenvalue weighted by molar-refractivity contribution is 7.89. The maximum Gasteiger partial charge on any atom is 0.243 e. The fraction of sp³-hybridized carbons (Fsp3) is 0.636. The summed E-state index contributed by atoms with van der Waals surface area (Å²) in [5.74, 6) is 0.716. The molecule has 0 spiro atoms. The summed E-state index contributed by atoms with van der Waals surface area (Å²) in [7, 11) is 0.0167. The van der Waals surface area contributed by atoms with Crippen molar-refractivity contribution in [1.29, 1.82) is 0 Å². The Balaban J connectivity index is 1.55. The molecular formula is C22H34N4O5S. The Morgan fingerprint density at radius 3 is 2.69 bits per heavy atom. The molecule has 0 radical (unpaired) electrons. The molecule has 0 aliphatic carbocycles. The van der Waals surface area contributed by atoms with Crippen molar-refractivity contribution in [3.05, 3.63) is 24.0 Å². The molecular weight excluding hydrogens is 432 g/mol. The lowest BCUT2D eigenvalue weighted by molar-refractivity contribution is -0.121. The number of ether oxygens (including phenoxy) is 2. The van der Waals surface area contributed by atoms with Crippen molar-refractivity contribution >= 4 is 27.0 Å². The molecule has 0 unspecified atom stereocenters. The minimum Gasteiger partial charge on any atom is -0.382 e. The van der Waals surface area contributed by atoms with Gasteiger partial charge >= 0.3 is 0 Å². The van der Waals surface area contributed by atoms with E-state index in [1.54, 1.807) is 29.6 Å². The molecule has 32 heavy (non-hydrogen) atoms. The molecule has 178 valence electrons. The number of hydrogen-bond donors (Lipinski definition) is 1. The predicted octanol–water partition coefficient (Wildman–Crippen LogP) is 1.85. The van der Waals surface area contributed by atoms with Crippen molar-refractivity contribution in [2.75, 3.05) is 46.6 Å². The van der Waals surface area contributed by atoms with Gasteiger partial charge < -0.3 is 19.4 Å². The Labute approximate surface area is 190 Å². The molecule has 1 aromatic carbocycles. The molecule has 1 fully saturated rings. The molecule has 1 aliphatic rings. The Morgan fingerprint density at radius 2 is 1.94 bits per heavy atom. The molecule has 1 N–H and O–H groups in total. The van der Waals surface area contributed by atoms with Gasteiger partial charge in [-0.1, -0.05) is 6.42 Å². The van der Waals surface area contributed by atoms with E-state index in [1.165, 1.54) is 0 Å². The summed E-state index contributed by atoms with van der Waals surface area (Å²) in [6.45, 7) is 3.40. The second kappa shape index (κ2) is 11.7. The first-order chi connectivity index (χ1) is 15.4. The number of imidazole rings is 1. The molecule has 9 nitrogen and oxygen atoms in total. The molecule has 1 aliphatic heterocycles. The van der Waals surface area contributed by atoms with Crippen LogP contribution in [0.4, 0.5) is 0 Å². The molecule has 1 aromatic heterocycles. The predicted molar refractivity (Wildman–Crippen MR) is 122 cm³/mol. The van der Waals surface area contributed by atoms with Gasteiger partial charge in [0.15, 0.2) is 0 Å². The van der Waals surface area contributed by atoms with Gasteiger partial charge in [-0.15, -0.1) is 0 Å². The maximum absolute atomic E-state index is 13.0. The van der Waals surface area contributed by atoms with Crippen LogP contribution in [0.1, 0.15) is 37.9 Å². The Morgan fingerprint density at radius 1 is 1.16 bits per heavy atom. The molecule has 1 amide bonds. The van der Waals surface area contributed by atoms with Gasteiger partial charge in [0.1, 0.15) is 5.82 Å². The lowest BCUT2D eigenvalue weighted by Gasteiger charge is -2.25. The van der Waals surface area contributed by atoms with E-state index < -0.39 is 10.0 Å². The van der Waals surface area contributed by atoms with E-state index >= 15 is 0 Å². The van der Waals surface area contributed by atoms with Crippen molar-refractivity contribution in [1.82, 2.24) is 19.2 Å². The van der Waals surface area contributed by atoms with Crippen molar-refractivity contribution in [2.45, 2.75) is 43.4 Å². The molecule has 10 heteroatoms. The van der Waals surface area contributed by atoms with E-state index in [-0.39, 0.29) is 10.8 Å². The number of nitrogens with zero attached hydrogens (tertiary/aromatic N) is 3. The molecule has 3 rings (SSSR count). The topological polar surface area (TPSA) is 103 Å². The minimum absolute atomic E-state index is 0.0395. The summed E-state index contributed by atoms with van der Waals surface area (Å²) in [5, 5.41) is 2.89. The van der Waals surface area contributed by atoms with Gasteiger partial charge in [0.2, 0.25) is 15.9 Å². The van der Waals surface area contributed by atoms with E-state index in [4.69, 9.17) is 9.47 Å². The highest BCUT2D eigenvalue weighted by atomic mass is 32.2. The third-order valence-electron chi connectivity index (χ3n) is 5.69. The van der Waals surface area contributed by atoms with E-state index in [0.717, 1.165) is 37.0 Å². The lowest BCUT2D eigenvalue weighted by atomic mass is 10.2. The van der Waals surface area contributed by atoms with Gasteiger partial charge in [0.25, 0.3) is 0 Å². The highest BCUT2D eigenvalue weighted by Gasteiger charge is 2.26. The first-order valence-corrected chi connectivity index (χ1v) is 12.7. The fourth-order valence-corrected chi connectivity index (χ4v) is 5.37. The van der Waals surface area contributed by atoms with Crippen LogP contribution in [-0.2, 0) is 37.8 Å². The Hall–Kier alpha value is -2.01. The Bertz CT molecular complexity index is 999. The standard InChI is InChI=1S/C22H34N4O5S/c1-25-20-8-7-18(32(28,29)26-12-4-3-5-13-26)17-19(20)24-21(25)9-10-22(27)23-11-6-14-31-16-15-30-2/h7-8,17H,3-6,9-16H2,1-2H3,(H,23,27). The van der Waals surface area contributed by atoms with E-state index in [1.807, 2.05) is 11.6 Å². The molecule has 0 atom stereocenters.